The Kier molecular flexibility index (Phi) is 3.84. The third-order valence-corrected chi connectivity index (χ3v) is 3.34. The summed E-state index contributed by atoms with van der Waals surface area (Å²) >= 11 is 0. The number of aromatic nitrogens is 1. The van der Waals surface area contributed by atoms with E-state index in [9.17, 15) is 4.79 Å². The smallest absolute Gasteiger partial charge is 0.237 e. The number of piperidine rings is 1. The molecule has 0 bridgehead atoms. The van der Waals surface area contributed by atoms with E-state index in [1.54, 1.807) is 0 Å². The van der Waals surface area contributed by atoms with Crippen LogP contribution in [0.2, 0.25) is 0 Å². The summed E-state index contributed by atoms with van der Waals surface area (Å²) in [5, 5.41) is 6.26. The first-order chi connectivity index (χ1) is 8.15. The summed E-state index contributed by atoms with van der Waals surface area (Å²) in [4.78, 5) is 11.9. The minimum Gasteiger partial charge on any atom is -0.357 e. The van der Waals surface area contributed by atoms with Crippen molar-refractivity contribution in [2.45, 2.75) is 32.4 Å². The van der Waals surface area contributed by atoms with Gasteiger partial charge in [-0.25, -0.2) is 0 Å². The highest BCUT2D eigenvalue weighted by molar-refractivity contribution is 5.81. The van der Waals surface area contributed by atoms with E-state index in [1.807, 2.05) is 30.1 Å². The molecule has 4 heteroatoms. The standard InChI is InChI=1S/C13H21N3O/c1-10-3-5-14-12(7-10)13(17)15-8-11-4-6-16(2)9-11/h4,6,9-10,12,14H,3,5,7-8H2,1-2H3,(H,15,17). The van der Waals surface area contributed by atoms with E-state index in [0.717, 1.165) is 18.5 Å². The second kappa shape index (κ2) is 5.36. The average molecular weight is 235 g/mol. The molecule has 0 aliphatic carbocycles. The SMILES string of the molecule is CC1CCNC(C(=O)NCc2ccn(C)c2)C1. The summed E-state index contributed by atoms with van der Waals surface area (Å²) in [5.74, 6) is 0.768. The molecule has 94 valence electrons. The van der Waals surface area contributed by atoms with Crippen molar-refractivity contribution in [3.05, 3.63) is 24.0 Å². The van der Waals surface area contributed by atoms with Crippen LogP contribution >= 0.6 is 0 Å². The van der Waals surface area contributed by atoms with Crippen LogP contribution in [0.15, 0.2) is 18.5 Å². The molecule has 2 atom stereocenters. The number of hydrogen-bond donors (Lipinski definition) is 2. The van der Waals surface area contributed by atoms with Crippen LogP contribution in [0.3, 0.4) is 0 Å². The van der Waals surface area contributed by atoms with Gasteiger partial charge in [-0.15, -0.1) is 0 Å². The Bertz CT molecular complexity index is 386. The van der Waals surface area contributed by atoms with Gasteiger partial charge in [0.1, 0.15) is 0 Å². The van der Waals surface area contributed by atoms with Gasteiger partial charge in [0, 0.05) is 26.0 Å². The van der Waals surface area contributed by atoms with Crippen LogP contribution in [0.1, 0.15) is 25.3 Å². The number of nitrogens with zero attached hydrogens (tertiary/aromatic N) is 1. The third-order valence-electron chi connectivity index (χ3n) is 3.34. The molecule has 1 saturated heterocycles. The fourth-order valence-electron chi connectivity index (χ4n) is 2.29. The predicted octanol–water partition coefficient (Wildman–Crippen LogP) is 1.03. The van der Waals surface area contributed by atoms with Gasteiger partial charge in [0.15, 0.2) is 0 Å². The van der Waals surface area contributed by atoms with E-state index in [4.69, 9.17) is 0 Å². The Morgan fingerprint density at radius 3 is 3.12 bits per heavy atom. The zero-order chi connectivity index (χ0) is 12.3. The molecular formula is C13H21N3O. The summed E-state index contributed by atoms with van der Waals surface area (Å²) < 4.78 is 1.99. The van der Waals surface area contributed by atoms with Crippen molar-refractivity contribution in [3.8, 4) is 0 Å². The molecular weight excluding hydrogens is 214 g/mol. The molecule has 0 radical (unpaired) electrons. The lowest BCUT2D eigenvalue weighted by molar-refractivity contribution is -0.124. The van der Waals surface area contributed by atoms with Gasteiger partial charge in [-0.1, -0.05) is 6.92 Å². The van der Waals surface area contributed by atoms with Gasteiger partial charge >= 0.3 is 0 Å². The minimum atomic E-state index is -0.0116. The van der Waals surface area contributed by atoms with Crippen LogP contribution in [0.5, 0.6) is 0 Å². The van der Waals surface area contributed by atoms with Crippen molar-refractivity contribution in [1.29, 1.82) is 0 Å². The van der Waals surface area contributed by atoms with Crippen LogP contribution in [0.4, 0.5) is 0 Å². The maximum Gasteiger partial charge on any atom is 0.237 e. The van der Waals surface area contributed by atoms with Gasteiger partial charge in [0.05, 0.1) is 6.04 Å². The Hall–Kier alpha value is -1.29. The summed E-state index contributed by atoms with van der Waals surface area (Å²) in [7, 11) is 1.98. The lowest BCUT2D eigenvalue weighted by Gasteiger charge is -2.27. The van der Waals surface area contributed by atoms with Crippen LogP contribution in [0, 0.1) is 5.92 Å². The number of carbonyl (C=O) groups excluding carboxylic acids is 1. The predicted molar refractivity (Wildman–Crippen MR) is 67.4 cm³/mol. The number of aryl methyl sites for hydroxylation is 1. The summed E-state index contributed by atoms with van der Waals surface area (Å²) in [5.41, 5.74) is 1.14. The summed E-state index contributed by atoms with van der Waals surface area (Å²) in [6.07, 6.45) is 6.13. The monoisotopic (exact) mass is 235 g/mol. The number of hydrogen-bond acceptors (Lipinski definition) is 2. The van der Waals surface area contributed by atoms with Crippen molar-refractivity contribution in [2.75, 3.05) is 6.54 Å². The Morgan fingerprint density at radius 2 is 2.47 bits per heavy atom. The Labute approximate surface area is 102 Å². The molecule has 1 aliphatic heterocycles. The average Bonchev–Trinajstić information content (AvgIpc) is 2.72. The quantitative estimate of drug-likeness (QED) is 0.822. The molecule has 2 rings (SSSR count). The van der Waals surface area contributed by atoms with E-state index in [1.165, 1.54) is 6.42 Å². The molecule has 1 aromatic heterocycles. The van der Waals surface area contributed by atoms with Gasteiger partial charge in [-0.2, -0.15) is 0 Å². The number of rotatable bonds is 3. The highest BCUT2D eigenvalue weighted by Crippen LogP contribution is 2.15. The molecule has 0 saturated carbocycles. The van der Waals surface area contributed by atoms with Gasteiger partial charge in [0.2, 0.25) is 5.91 Å². The van der Waals surface area contributed by atoms with Crippen molar-refractivity contribution >= 4 is 5.91 Å². The van der Waals surface area contributed by atoms with Gasteiger partial charge in [-0.3, -0.25) is 4.79 Å². The first kappa shape index (κ1) is 12.2. The van der Waals surface area contributed by atoms with Crippen molar-refractivity contribution in [2.24, 2.45) is 13.0 Å². The van der Waals surface area contributed by atoms with E-state index in [2.05, 4.69) is 17.6 Å². The zero-order valence-electron chi connectivity index (χ0n) is 10.6. The molecule has 1 amide bonds. The highest BCUT2D eigenvalue weighted by atomic mass is 16.2. The molecule has 4 nitrogen and oxygen atoms in total. The highest BCUT2D eigenvalue weighted by Gasteiger charge is 2.23. The largest absolute Gasteiger partial charge is 0.357 e. The molecule has 2 heterocycles. The molecule has 1 aliphatic rings. The van der Waals surface area contributed by atoms with Gasteiger partial charge in [-0.05, 0) is 36.9 Å². The van der Waals surface area contributed by atoms with Crippen LogP contribution < -0.4 is 10.6 Å². The molecule has 0 aromatic carbocycles. The molecule has 0 spiro atoms. The zero-order valence-corrected chi connectivity index (χ0v) is 10.6. The topological polar surface area (TPSA) is 46.1 Å². The van der Waals surface area contributed by atoms with Crippen LogP contribution in [0.25, 0.3) is 0 Å². The van der Waals surface area contributed by atoms with E-state index in [-0.39, 0.29) is 11.9 Å². The summed E-state index contributed by atoms with van der Waals surface area (Å²) in [6.45, 7) is 3.77. The minimum absolute atomic E-state index is 0.0116. The van der Waals surface area contributed by atoms with Crippen molar-refractivity contribution < 1.29 is 4.79 Å². The normalized spacial score (nSPS) is 24.6. The first-order valence-corrected chi connectivity index (χ1v) is 6.27. The van der Waals surface area contributed by atoms with Crippen molar-refractivity contribution in [1.82, 2.24) is 15.2 Å². The molecule has 17 heavy (non-hydrogen) atoms. The maximum atomic E-state index is 11.9. The summed E-state index contributed by atoms with van der Waals surface area (Å²) in [6, 6.07) is 2.01. The van der Waals surface area contributed by atoms with E-state index >= 15 is 0 Å². The molecule has 2 N–H and O–H groups in total. The first-order valence-electron chi connectivity index (χ1n) is 6.27. The fraction of sp³-hybridized carbons (Fsp3) is 0.615. The van der Waals surface area contributed by atoms with Gasteiger partial charge < -0.3 is 15.2 Å². The van der Waals surface area contributed by atoms with E-state index < -0.39 is 0 Å². The fourth-order valence-corrected chi connectivity index (χ4v) is 2.29. The Balaban J connectivity index is 1.80. The molecule has 1 aromatic rings. The number of amides is 1. The van der Waals surface area contributed by atoms with Crippen LogP contribution in [-0.4, -0.2) is 23.1 Å². The lowest BCUT2D eigenvalue weighted by Crippen LogP contribution is -2.48. The second-order valence-electron chi connectivity index (χ2n) is 5.04. The Morgan fingerprint density at radius 1 is 1.65 bits per heavy atom. The molecule has 2 unspecified atom stereocenters. The number of carbonyl (C=O) groups is 1. The number of nitrogens with one attached hydrogen (secondary N) is 2. The van der Waals surface area contributed by atoms with Crippen molar-refractivity contribution in [3.63, 3.8) is 0 Å². The third kappa shape index (κ3) is 3.33. The lowest BCUT2D eigenvalue weighted by atomic mass is 9.94. The molecule has 1 fully saturated rings. The maximum absolute atomic E-state index is 11.9. The van der Waals surface area contributed by atoms with Gasteiger partial charge in [0.25, 0.3) is 0 Å². The van der Waals surface area contributed by atoms with Crippen LogP contribution in [-0.2, 0) is 18.4 Å². The second-order valence-corrected chi connectivity index (χ2v) is 5.04. The van der Waals surface area contributed by atoms with E-state index in [0.29, 0.717) is 12.5 Å².